The molecule has 30 heavy (non-hydrogen) atoms. The third-order valence-electron chi connectivity index (χ3n) is 4.42. The Hall–Kier alpha value is -4.08. The largest absolute Gasteiger partial charge is 0.349 e. The third-order valence-corrected chi connectivity index (χ3v) is 4.42. The van der Waals surface area contributed by atoms with Gasteiger partial charge in [-0.25, -0.2) is 9.37 Å². The molecule has 0 aliphatic rings. The highest BCUT2D eigenvalue weighted by Crippen LogP contribution is 2.19. The van der Waals surface area contributed by atoms with E-state index in [1.165, 1.54) is 17.9 Å². The Morgan fingerprint density at radius 3 is 2.67 bits per heavy atom. The Morgan fingerprint density at radius 2 is 1.90 bits per heavy atom. The van der Waals surface area contributed by atoms with Crippen molar-refractivity contribution < 1.29 is 14.0 Å². The number of anilines is 1. The summed E-state index contributed by atoms with van der Waals surface area (Å²) in [5, 5.41) is 9.01. The van der Waals surface area contributed by atoms with Crippen molar-refractivity contribution in [2.24, 2.45) is 7.05 Å². The van der Waals surface area contributed by atoms with E-state index in [1.54, 1.807) is 16.7 Å². The van der Waals surface area contributed by atoms with Crippen LogP contribution in [0.2, 0.25) is 0 Å². The molecule has 0 bridgehead atoms. The molecular formula is C20H18FN7O2. The number of hydrogen-bond acceptors (Lipinski definition) is 5. The zero-order valence-electron chi connectivity index (χ0n) is 16.0. The van der Waals surface area contributed by atoms with E-state index in [4.69, 9.17) is 0 Å². The predicted molar refractivity (Wildman–Crippen MR) is 108 cm³/mol. The molecular weight excluding hydrogens is 389 g/mol. The molecule has 3 aromatic heterocycles. The highest BCUT2D eigenvalue weighted by molar-refractivity contribution is 6.10. The van der Waals surface area contributed by atoms with Crippen molar-refractivity contribution in [3.63, 3.8) is 0 Å². The number of fused-ring (bicyclic) bond motifs is 1. The number of hydrogen-bond donors (Lipinski definition) is 2. The number of alkyl halides is 1. The number of carbonyl (C=O) groups is 2. The Balaban J connectivity index is 1.58. The molecule has 0 saturated heterocycles. The van der Waals surface area contributed by atoms with Gasteiger partial charge in [0.1, 0.15) is 18.2 Å². The molecule has 0 aliphatic carbocycles. The molecule has 9 nitrogen and oxygen atoms in total. The number of nitrogens with zero attached hydrogens (tertiary/aromatic N) is 5. The first kappa shape index (κ1) is 19.2. The van der Waals surface area contributed by atoms with Crippen LogP contribution in [0.1, 0.15) is 20.8 Å². The Morgan fingerprint density at radius 1 is 1.10 bits per heavy atom. The molecule has 2 N–H and O–H groups in total. The van der Waals surface area contributed by atoms with Crippen LogP contribution in [0.4, 0.5) is 10.2 Å². The number of carbonyl (C=O) groups excluding carboxylic acids is 2. The van der Waals surface area contributed by atoms with Gasteiger partial charge in [0.15, 0.2) is 0 Å². The van der Waals surface area contributed by atoms with Gasteiger partial charge in [0.25, 0.3) is 11.8 Å². The zero-order chi connectivity index (χ0) is 21.1. The summed E-state index contributed by atoms with van der Waals surface area (Å²) >= 11 is 0. The highest BCUT2D eigenvalue weighted by Gasteiger charge is 2.22. The molecule has 0 atom stereocenters. The molecule has 1 aromatic carbocycles. The average Bonchev–Trinajstić information content (AvgIpc) is 3.36. The predicted octanol–water partition coefficient (Wildman–Crippen LogP) is 2.08. The Bertz CT molecular complexity index is 1220. The van der Waals surface area contributed by atoms with Crippen LogP contribution in [0, 0.1) is 0 Å². The maximum atomic E-state index is 12.8. The number of amides is 2. The quantitative estimate of drug-likeness (QED) is 0.509. The lowest BCUT2D eigenvalue weighted by molar-refractivity contribution is 0.0936. The number of benzene rings is 1. The summed E-state index contributed by atoms with van der Waals surface area (Å²) in [6.45, 7) is -0.844. The first-order chi connectivity index (χ1) is 14.6. The number of halogens is 1. The molecule has 0 radical (unpaired) electrons. The fraction of sp³-hybridized carbons (Fsp3) is 0.150. The van der Waals surface area contributed by atoms with Crippen LogP contribution in [0.3, 0.4) is 0 Å². The van der Waals surface area contributed by atoms with Crippen LogP contribution in [0.25, 0.3) is 17.0 Å². The molecule has 0 unspecified atom stereocenters. The summed E-state index contributed by atoms with van der Waals surface area (Å²) in [4.78, 5) is 33.8. The van der Waals surface area contributed by atoms with Gasteiger partial charge in [0.2, 0.25) is 5.78 Å². The number of nitrogens with one attached hydrogen (secondary N) is 2. The van der Waals surface area contributed by atoms with Crippen molar-refractivity contribution in [2.45, 2.75) is 0 Å². The lowest BCUT2D eigenvalue weighted by atomic mass is 10.2. The first-order valence-electron chi connectivity index (χ1n) is 9.15. The number of imidazole rings is 1. The van der Waals surface area contributed by atoms with Crippen molar-refractivity contribution in [3.05, 3.63) is 66.2 Å². The standard InChI is InChI=1S/C20H18FN7O2/c1-27-17(14(11-23-27)18(29)22-9-8-21)19(30)25-16-7-10-28-12-15(24-20(28)26-16)13-5-3-2-4-6-13/h2-7,10-12H,8-9H2,1H3,(H,22,29)(H,24,25,26,30). The van der Waals surface area contributed by atoms with Crippen LogP contribution in [-0.2, 0) is 7.05 Å². The van der Waals surface area contributed by atoms with E-state index in [-0.39, 0.29) is 23.6 Å². The fourth-order valence-electron chi connectivity index (χ4n) is 2.99. The topological polar surface area (TPSA) is 106 Å². The summed E-state index contributed by atoms with van der Waals surface area (Å²) in [6, 6.07) is 11.3. The minimum atomic E-state index is -0.702. The second kappa shape index (κ2) is 8.11. The molecule has 10 heteroatoms. The minimum absolute atomic E-state index is 0.0429. The van der Waals surface area contributed by atoms with E-state index in [2.05, 4.69) is 25.7 Å². The van der Waals surface area contributed by atoms with Gasteiger partial charge in [-0.05, 0) is 6.07 Å². The maximum Gasteiger partial charge on any atom is 0.275 e. The molecule has 0 saturated carbocycles. The van der Waals surface area contributed by atoms with Gasteiger partial charge in [-0.1, -0.05) is 30.3 Å². The van der Waals surface area contributed by atoms with E-state index in [0.717, 1.165) is 11.3 Å². The summed E-state index contributed by atoms with van der Waals surface area (Å²) in [5.74, 6) is -0.450. The second-order valence-electron chi connectivity index (χ2n) is 6.44. The van der Waals surface area contributed by atoms with Crippen LogP contribution < -0.4 is 10.6 Å². The summed E-state index contributed by atoms with van der Waals surface area (Å²) in [7, 11) is 1.54. The van der Waals surface area contributed by atoms with Crippen molar-refractivity contribution in [2.75, 3.05) is 18.5 Å². The number of aryl methyl sites for hydroxylation is 1. The van der Waals surface area contributed by atoms with Gasteiger partial charge >= 0.3 is 0 Å². The molecule has 0 fully saturated rings. The third kappa shape index (κ3) is 3.75. The van der Waals surface area contributed by atoms with Gasteiger partial charge in [0, 0.05) is 31.5 Å². The summed E-state index contributed by atoms with van der Waals surface area (Å²) < 4.78 is 15.4. The first-order valence-corrected chi connectivity index (χ1v) is 9.15. The van der Waals surface area contributed by atoms with Gasteiger partial charge < -0.3 is 10.6 Å². The average molecular weight is 407 g/mol. The Labute approximate surface area is 170 Å². The van der Waals surface area contributed by atoms with E-state index in [0.29, 0.717) is 5.78 Å². The van der Waals surface area contributed by atoms with Crippen molar-refractivity contribution in [3.8, 4) is 11.3 Å². The molecule has 0 aliphatic heterocycles. The molecule has 4 aromatic rings. The van der Waals surface area contributed by atoms with Crippen LogP contribution in [-0.4, -0.2) is 49.2 Å². The zero-order valence-corrected chi connectivity index (χ0v) is 16.0. The number of rotatable bonds is 6. The molecule has 0 spiro atoms. The summed E-state index contributed by atoms with van der Waals surface area (Å²) in [6.07, 6.45) is 4.84. The monoisotopic (exact) mass is 407 g/mol. The SMILES string of the molecule is Cn1ncc(C(=O)NCCF)c1C(=O)Nc1ccn2cc(-c3ccccc3)nc2n1. The Kier molecular flexibility index (Phi) is 5.21. The summed E-state index contributed by atoms with van der Waals surface area (Å²) in [5.41, 5.74) is 1.80. The van der Waals surface area contributed by atoms with Crippen molar-refractivity contribution in [1.82, 2.24) is 29.5 Å². The van der Waals surface area contributed by atoms with E-state index >= 15 is 0 Å². The van der Waals surface area contributed by atoms with E-state index in [9.17, 15) is 14.0 Å². The van der Waals surface area contributed by atoms with E-state index < -0.39 is 18.5 Å². The van der Waals surface area contributed by atoms with Crippen LogP contribution in [0.15, 0.2) is 55.0 Å². The lowest BCUT2D eigenvalue weighted by Gasteiger charge is -2.07. The van der Waals surface area contributed by atoms with Gasteiger partial charge in [-0.2, -0.15) is 10.1 Å². The maximum absolute atomic E-state index is 12.8. The fourth-order valence-corrected chi connectivity index (χ4v) is 2.99. The van der Waals surface area contributed by atoms with Gasteiger partial charge in [0.05, 0.1) is 17.5 Å². The van der Waals surface area contributed by atoms with Crippen LogP contribution >= 0.6 is 0 Å². The van der Waals surface area contributed by atoms with Crippen molar-refractivity contribution in [1.29, 1.82) is 0 Å². The normalized spacial score (nSPS) is 10.9. The smallest absolute Gasteiger partial charge is 0.275 e. The highest BCUT2D eigenvalue weighted by atomic mass is 19.1. The molecule has 4 rings (SSSR count). The van der Waals surface area contributed by atoms with E-state index in [1.807, 2.05) is 36.5 Å². The number of aromatic nitrogens is 5. The van der Waals surface area contributed by atoms with Gasteiger partial charge in [-0.15, -0.1) is 0 Å². The minimum Gasteiger partial charge on any atom is -0.349 e. The van der Waals surface area contributed by atoms with Crippen molar-refractivity contribution >= 4 is 23.4 Å². The second-order valence-corrected chi connectivity index (χ2v) is 6.44. The lowest BCUT2D eigenvalue weighted by Crippen LogP contribution is -2.28. The molecule has 3 heterocycles. The van der Waals surface area contributed by atoms with Crippen LogP contribution in [0.5, 0.6) is 0 Å². The molecule has 152 valence electrons. The molecule has 2 amide bonds. The van der Waals surface area contributed by atoms with Gasteiger partial charge in [-0.3, -0.25) is 18.7 Å².